The molecule has 0 bridgehead atoms. The lowest BCUT2D eigenvalue weighted by atomic mass is 9.75. The van der Waals surface area contributed by atoms with Crippen LogP contribution >= 0.6 is 0 Å². The number of rotatable bonds is 6. The van der Waals surface area contributed by atoms with Gasteiger partial charge in [-0.25, -0.2) is 0 Å². The van der Waals surface area contributed by atoms with Crippen molar-refractivity contribution in [2.24, 2.45) is 11.3 Å². The molecule has 1 rings (SSSR count). The summed E-state index contributed by atoms with van der Waals surface area (Å²) >= 11 is 0. The number of amides is 1. The minimum atomic E-state index is -1.29. The average Bonchev–Trinajstić information content (AvgIpc) is 3.00. The van der Waals surface area contributed by atoms with Gasteiger partial charge in [-0.15, -0.1) is 0 Å². The second-order valence-electron chi connectivity index (χ2n) is 4.94. The second-order valence-corrected chi connectivity index (χ2v) is 4.94. The zero-order valence-electron chi connectivity index (χ0n) is 10.2. The van der Waals surface area contributed by atoms with E-state index in [0.717, 1.165) is 25.7 Å². The van der Waals surface area contributed by atoms with Crippen molar-refractivity contribution in [1.82, 2.24) is 5.32 Å². The van der Waals surface area contributed by atoms with Crippen LogP contribution in [0.2, 0.25) is 0 Å². The van der Waals surface area contributed by atoms with Gasteiger partial charge in [0.1, 0.15) is 5.41 Å². The van der Waals surface area contributed by atoms with E-state index in [1.165, 1.54) is 6.92 Å². The first-order valence-electron chi connectivity index (χ1n) is 5.97. The van der Waals surface area contributed by atoms with Crippen LogP contribution in [0.4, 0.5) is 0 Å². The first-order chi connectivity index (χ1) is 7.42. The molecule has 2 unspecified atom stereocenters. The van der Waals surface area contributed by atoms with Gasteiger partial charge in [0, 0.05) is 6.04 Å². The molecule has 0 aromatic rings. The minimum absolute atomic E-state index is 0.145. The van der Waals surface area contributed by atoms with Gasteiger partial charge in [-0.3, -0.25) is 9.59 Å². The third-order valence-corrected chi connectivity index (χ3v) is 3.54. The summed E-state index contributed by atoms with van der Waals surface area (Å²) in [5.41, 5.74) is -1.29. The SMILES string of the molecule is CCCC(C)C(C)(C(=O)O)C(=O)NC1CC1. The van der Waals surface area contributed by atoms with Gasteiger partial charge < -0.3 is 10.4 Å². The lowest BCUT2D eigenvalue weighted by Crippen LogP contribution is -2.49. The summed E-state index contributed by atoms with van der Waals surface area (Å²) in [5.74, 6) is -1.50. The number of hydrogen-bond donors (Lipinski definition) is 2. The molecular formula is C12H21NO3. The van der Waals surface area contributed by atoms with Crippen molar-refractivity contribution < 1.29 is 14.7 Å². The second kappa shape index (κ2) is 4.85. The van der Waals surface area contributed by atoms with Crippen molar-refractivity contribution in [2.75, 3.05) is 0 Å². The van der Waals surface area contributed by atoms with Crippen molar-refractivity contribution in [3.8, 4) is 0 Å². The predicted molar refractivity (Wildman–Crippen MR) is 61.0 cm³/mol. The van der Waals surface area contributed by atoms with E-state index in [-0.39, 0.29) is 17.9 Å². The molecule has 1 amide bonds. The van der Waals surface area contributed by atoms with Crippen LogP contribution in [-0.4, -0.2) is 23.0 Å². The van der Waals surface area contributed by atoms with Crippen LogP contribution in [-0.2, 0) is 9.59 Å². The standard InChI is InChI=1S/C12H21NO3/c1-4-5-8(2)12(3,11(15)16)10(14)13-9-6-7-9/h8-9H,4-7H2,1-3H3,(H,13,14)(H,15,16). The predicted octanol–water partition coefficient (Wildman–Crippen LogP) is 1.79. The Morgan fingerprint density at radius 3 is 2.44 bits per heavy atom. The van der Waals surface area contributed by atoms with E-state index in [2.05, 4.69) is 5.32 Å². The first-order valence-corrected chi connectivity index (χ1v) is 5.97. The van der Waals surface area contributed by atoms with Crippen LogP contribution in [0.3, 0.4) is 0 Å². The highest BCUT2D eigenvalue weighted by Crippen LogP contribution is 2.33. The van der Waals surface area contributed by atoms with E-state index in [9.17, 15) is 14.7 Å². The number of carbonyl (C=O) groups excluding carboxylic acids is 1. The van der Waals surface area contributed by atoms with Crippen molar-refractivity contribution in [3.63, 3.8) is 0 Å². The van der Waals surface area contributed by atoms with Gasteiger partial charge in [0.2, 0.25) is 5.91 Å². The molecule has 0 saturated heterocycles. The number of carboxylic acid groups (broad SMARTS) is 1. The van der Waals surface area contributed by atoms with E-state index in [1.54, 1.807) is 0 Å². The number of carbonyl (C=O) groups is 2. The Hall–Kier alpha value is -1.06. The number of aliphatic carboxylic acids is 1. The molecule has 2 atom stereocenters. The molecule has 0 aliphatic heterocycles. The smallest absolute Gasteiger partial charge is 0.319 e. The zero-order chi connectivity index (χ0) is 12.3. The van der Waals surface area contributed by atoms with Gasteiger partial charge in [-0.1, -0.05) is 20.3 Å². The van der Waals surface area contributed by atoms with E-state index < -0.39 is 11.4 Å². The summed E-state index contributed by atoms with van der Waals surface area (Å²) in [6.45, 7) is 5.37. The van der Waals surface area contributed by atoms with Gasteiger partial charge in [0.05, 0.1) is 0 Å². The summed E-state index contributed by atoms with van der Waals surface area (Å²) in [4.78, 5) is 23.3. The molecule has 0 aromatic heterocycles. The van der Waals surface area contributed by atoms with Crippen LogP contribution in [0.15, 0.2) is 0 Å². The van der Waals surface area contributed by atoms with E-state index >= 15 is 0 Å². The van der Waals surface area contributed by atoms with Gasteiger partial charge in [-0.05, 0) is 32.1 Å². The summed E-state index contributed by atoms with van der Waals surface area (Å²) in [6.07, 6.45) is 3.59. The topological polar surface area (TPSA) is 66.4 Å². The fourth-order valence-electron chi connectivity index (χ4n) is 1.82. The fraction of sp³-hybridized carbons (Fsp3) is 0.833. The fourth-order valence-corrected chi connectivity index (χ4v) is 1.82. The van der Waals surface area contributed by atoms with Crippen LogP contribution < -0.4 is 5.32 Å². The van der Waals surface area contributed by atoms with Crippen molar-refractivity contribution >= 4 is 11.9 Å². The normalized spacial score (nSPS) is 20.9. The highest BCUT2D eigenvalue weighted by molar-refractivity contribution is 6.02. The van der Waals surface area contributed by atoms with Gasteiger partial charge in [-0.2, -0.15) is 0 Å². The summed E-state index contributed by atoms with van der Waals surface area (Å²) < 4.78 is 0. The molecule has 0 heterocycles. The summed E-state index contributed by atoms with van der Waals surface area (Å²) in [7, 11) is 0. The quantitative estimate of drug-likeness (QED) is 0.680. The zero-order valence-corrected chi connectivity index (χ0v) is 10.2. The maximum absolute atomic E-state index is 12.0. The highest BCUT2D eigenvalue weighted by Gasteiger charge is 2.47. The Labute approximate surface area is 96.4 Å². The Bertz CT molecular complexity index is 286. The van der Waals surface area contributed by atoms with Crippen molar-refractivity contribution in [1.29, 1.82) is 0 Å². The molecule has 4 nitrogen and oxygen atoms in total. The van der Waals surface area contributed by atoms with Crippen LogP contribution in [0.5, 0.6) is 0 Å². The Morgan fingerprint density at radius 2 is 2.06 bits per heavy atom. The maximum atomic E-state index is 12.0. The molecular weight excluding hydrogens is 206 g/mol. The molecule has 1 fully saturated rings. The Balaban J connectivity index is 2.76. The third-order valence-electron chi connectivity index (χ3n) is 3.54. The lowest BCUT2D eigenvalue weighted by Gasteiger charge is -2.30. The van der Waals surface area contributed by atoms with E-state index in [0.29, 0.717) is 0 Å². The van der Waals surface area contributed by atoms with Crippen LogP contribution in [0, 0.1) is 11.3 Å². The van der Waals surface area contributed by atoms with Gasteiger partial charge in [0.25, 0.3) is 0 Å². The number of nitrogens with one attached hydrogen (secondary N) is 1. The Morgan fingerprint density at radius 1 is 1.50 bits per heavy atom. The van der Waals surface area contributed by atoms with E-state index in [4.69, 9.17) is 0 Å². The van der Waals surface area contributed by atoms with Crippen LogP contribution in [0.1, 0.15) is 46.5 Å². The first kappa shape index (κ1) is 13.0. The van der Waals surface area contributed by atoms with Gasteiger partial charge in [0.15, 0.2) is 0 Å². The third kappa shape index (κ3) is 2.54. The monoisotopic (exact) mass is 227 g/mol. The molecule has 0 aromatic carbocycles. The van der Waals surface area contributed by atoms with Gasteiger partial charge >= 0.3 is 5.97 Å². The lowest BCUT2D eigenvalue weighted by molar-refractivity contribution is -0.158. The minimum Gasteiger partial charge on any atom is -0.480 e. The summed E-state index contributed by atoms with van der Waals surface area (Å²) in [6, 6.07) is 0.208. The molecule has 0 spiro atoms. The molecule has 1 saturated carbocycles. The molecule has 0 radical (unpaired) electrons. The molecule has 2 N–H and O–H groups in total. The molecule has 1 aliphatic rings. The molecule has 16 heavy (non-hydrogen) atoms. The largest absolute Gasteiger partial charge is 0.480 e. The molecule has 4 heteroatoms. The summed E-state index contributed by atoms with van der Waals surface area (Å²) in [5, 5.41) is 12.1. The van der Waals surface area contributed by atoms with Crippen molar-refractivity contribution in [3.05, 3.63) is 0 Å². The van der Waals surface area contributed by atoms with Crippen molar-refractivity contribution in [2.45, 2.75) is 52.5 Å². The van der Waals surface area contributed by atoms with E-state index in [1.807, 2.05) is 13.8 Å². The molecule has 92 valence electrons. The highest BCUT2D eigenvalue weighted by atomic mass is 16.4. The Kier molecular flexibility index (Phi) is 3.94. The van der Waals surface area contributed by atoms with Crippen LogP contribution in [0.25, 0.3) is 0 Å². The maximum Gasteiger partial charge on any atom is 0.319 e. The number of hydrogen-bond acceptors (Lipinski definition) is 2. The number of carboxylic acids is 1. The average molecular weight is 227 g/mol. The molecule has 1 aliphatic carbocycles.